The third kappa shape index (κ3) is 3.82. The molecule has 0 radical (unpaired) electrons. The second-order valence-corrected chi connectivity index (χ2v) is 6.44. The van der Waals surface area contributed by atoms with Crippen molar-refractivity contribution < 1.29 is 14.0 Å². The highest BCUT2D eigenvalue weighted by Crippen LogP contribution is 2.23. The molecule has 0 spiro atoms. The Morgan fingerprint density at radius 2 is 1.56 bits per heavy atom. The molecule has 1 aliphatic heterocycles. The van der Waals surface area contributed by atoms with E-state index in [0.29, 0.717) is 48.0 Å². The molecule has 0 atom stereocenters. The molecule has 0 N–H and O–H groups in total. The number of piperazine rings is 1. The third-order valence-corrected chi connectivity index (χ3v) is 4.60. The minimum atomic E-state index is -0.412. The van der Waals surface area contributed by atoms with E-state index >= 15 is 0 Å². The molecule has 2 aromatic rings. The summed E-state index contributed by atoms with van der Waals surface area (Å²) in [5, 5.41) is 0.589. The molecule has 2 aromatic carbocycles. The predicted molar refractivity (Wildman–Crippen MR) is 96.0 cm³/mol. The van der Waals surface area contributed by atoms with Crippen molar-refractivity contribution in [3.8, 4) is 0 Å². The maximum Gasteiger partial charge on any atom is 0.253 e. The maximum atomic E-state index is 14.3. The molecule has 0 unspecified atom stereocenters. The van der Waals surface area contributed by atoms with Crippen LogP contribution in [0.1, 0.15) is 27.6 Å². The van der Waals surface area contributed by atoms with Gasteiger partial charge in [0, 0.05) is 42.3 Å². The van der Waals surface area contributed by atoms with Crippen molar-refractivity contribution in [2.24, 2.45) is 0 Å². The average molecular weight is 361 g/mol. The monoisotopic (exact) mass is 360 g/mol. The number of anilines is 1. The number of hydrogen-bond donors (Lipinski definition) is 0. The molecule has 0 saturated carbocycles. The van der Waals surface area contributed by atoms with Gasteiger partial charge in [-0.1, -0.05) is 11.6 Å². The van der Waals surface area contributed by atoms with Crippen LogP contribution in [0.15, 0.2) is 42.5 Å². The van der Waals surface area contributed by atoms with Gasteiger partial charge in [-0.15, -0.1) is 0 Å². The normalized spacial score (nSPS) is 14.5. The van der Waals surface area contributed by atoms with Crippen LogP contribution < -0.4 is 4.90 Å². The number of carbonyl (C=O) groups excluding carboxylic acids is 2. The Hall–Kier alpha value is -2.40. The Morgan fingerprint density at radius 1 is 0.960 bits per heavy atom. The standard InChI is InChI=1S/C19H18ClFN2O2/c1-13(24)15-4-7-18(17(21)12-15)22-8-10-23(11-9-22)19(25)14-2-5-16(20)6-3-14/h2-7,12H,8-11H2,1H3. The Labute approximate surface area is 150 Å². The summed E-state index contributed by atoms with van der Waals surface area (Å²) in [5.41, 5.74) is 1.41. The van der Waals surface area contributed by atoms with Gasteiger partial charge in [-0.3, -0.25) is 9.59 Å². The number of halogens is 2. The van der Waals surface area contributed by atoms with Crippen LogP contribution in [0.3, 0.4) is 0 Å². The molecular weight excluding hydrogens is 343 g/mol. The lowest BCUT2D eigenvalue weighted by atomic mass is 10.1. The van der Waals surface area contributed by atoms with Crippen LogP contribution >= 0.6 is 11.6 Å². The van der Waals surface area contributed by atoms with Crippen molar-refractivity contribution in [2.75, 3.05) is 31.1 Å². The van der Waals surface area contributed by atoms with Crippen molar-refractivity contribution in [3.63, 3.8) is 0 Å². The lowest BCUT2D eigenvalue weighted by Gasteiger charge is -2.36. The first-order valence-corrected chi connectivity index (χ1v) is 8.44. The second-order valence-electron chi connectivity index (χ2n) is 6.01. The first-order valence-electron chi connectivity index (χ1n) is 8.06. The number of ketones is 1. The van der Waals surface area contributed by atoms with Gasteiger partial charge in [-0.25, -0.2) is 4.39 Å². The highest BCUT2D eigenvalue weighted by molar-refractivity contribution is 6.30. The number of benzene rings is 2. The summed E-state index contributed by atoms with van der Waals surface area (Å²) >= 11 is 5.85. The topological polar surface area (TPSA) is 40.6 Å². The molecule has 0 aliphatic carbocycles. The van der Waals surface area contributed by atoms with Crippen molar-refractivity contribution in [1.29, 1.82) is 0 Å². The molecule has 3 rings (SSSR count). The fraction of sp³-hybridized carbons (Fsp3) is 0.263. The van der Waals surface area contributed by atoms with E-state index in [4.69, 9.17) is 11.6 Å². The summed E-state index contributed by atoms with van der Waals surface area (Å²) in [6, 6.07) is 11.3. The summed E-state index contributed by atoms with van der Waals surface area (Å²) in [5.74, 6) is -0.627. The molecule has 4 nitrogen and oxygen atoms in total. The van der Waals surface area contributed by atoms with E-state index in [9.17, 15) is 14.0 Å². The first-order chi connectivity index (χ1) is 12.0. The SMILES string of the molecule is CC(=O)c1ccc(N2CCN(C(=O)c3ccc(Cl)cc3)CC2)c(F)c1. The van der Waals surface area contributed by atoms with Crippen LogP contribution in [0, 0.1) is 5.82 Å². The van der Waals surface area contributed by atoms with E-state index in [2.05, 4.69) is 0 Å². The highest BCUT2D eigenvalue weighted by Gasteiger charge is 2.23. The number of amides is 1. The molecule has 0 bridgehead atoms. The van der Waals surface area contributed by atoms with Crippen LogP contribution in [0.2, 0.25) is 5.02 Å². The number of hydrogen-bond acceptors (Lipinski definition) is 3. The third-order valence-electron chi connectivity index (χ3n) is 4.35. The molecule has 25 heavy (non-hydrogen) atoms. The van der Waals surface area contributed by atoms with E-state index in [1.807, 2.05) is 4.90 Å². The second kappa shape index (κ2) is 7.23. The van der Waals surface area contributed by atoms with Gasteiger partial charge in [0.2, 0.25) is 0 Å². The Balaban J connectivity index is 1.66. The number of carbonyl (C=O) groups is 2. The first kappa shape index (κ1) is 17.4. The summed E-state index contributed by atoms with van der Waals surface area (Å²) in [6.07, 6.45) is 0. The molecule has 1 saturated heterocycles. The quantitative estimate of drug-likeness (QED) is 0.784. The minimum Gasteiger partial charge on any atom is -0.366 e. The van der Waals surface area contributed by atoms with Crippen molar-refractivity contribution in [3.05, 3.63) is 64.4 Å². The highest BCUT2D eigenvalue weighted by atomic mass is 35.5. The predicted octanol–water partition coefficient (Wildman–Crippen LogP) is 3.64. The summed E-state index contributed by atoms with van der Waals surface area (Å²) in [4.78, 5) is 27.5. The minimum absolute atomic E-state index is 0.0521. The van der Waals surface area contributed by atoms with E-state index in [0.717, 1.165) is 0 Å². The van der Waals surface area contributed by atoms with Gasteiger partial charge < -0.3 is 9.80 Å². The van der Waals surface area contributed by atoms with E-state index in [1.54, 1.807) is 41.3 Å². The number of Topliss-reactive ketones (excluding diaryl/α,β-unsaturated/α-hetero) is 1. The smallest absolute Gasteiger partial charge is 0.253 e. The van der Waals surface area contributed by atoms with Gasteiger partial charge in [-0.05, 0) is 49.4 Å². The summed E-state index contributed by atoms with van der Waals surface area (Å²) in [6.45, 7) is 3.51. The van der Waals surface area contributed by atoms with Gasteiger partial charge >= 0.3 is 0 Å². The zero-order valence-corrected chi connectivity index (χ0v) is 14.6. The summed E-state index contributed by atoms with van der Waals surface area (Å²) in [7, 11) is 0. The molecule has 1 heterocycles. The van der Waals surface area contributed by atoms with Gasteiger partial charge in [0.1, 0.15) is 5.82 Å². The lowest BCUT2D eigenvalue weighted by molar-refractivity contribution is 0.0746. The van der Waals surface area contributed by atoms with Crippen molar-refractivity contribution >= 4 is 29.0 Å². The van der Waals surface area contributed by atoms with E-state index < -0.39 is 5.82 Å². The molecular formula is C19H18ClFN2O2. The van der Waals surface area contributed by atoms with Crippen molar-refractivity contribution in [1.82, 2.24) is 4.90 Å². The Bertz CT molecular complexity index is 800. The van der Waals surface area contributed by atoms with Crippen molar-refractivity contribution in [2.45, 2.75) is 6.92 Å². The lowest BCUT2D eigenvalue weighted by Crippen LogP contribution is -2.49. The zero-order valence-electron chi connectivity index (χ0n) is 13.8. The van der Waals surface area contributed by atoms with Crippen LogP contribution in [0.25, 0.3) is 0 Å². The largest absolute Gasteiger partial charge is 0.366 e. The van der Waals surface area contributed by atoms with Crippen LogP contribution in [0.4, 0.5) is 10.1 Å². The molecule has 1 aliphatic rings. The Kier molecular flexibility index (Phi) is 5.04. The summed E-state index contributed by atoms with van der Waals surface area (Å²) < 4.78 is 14.3. The maximum absolute atomic E-state index is 14.3. The molecule has 6 heteroatoms. The number of rotatable bonds is 3. The van der Waals surface area contributed by atoms with Gasteiger partial charge in [0.05, 0.1) is 5.69 Å². The van der Waals surface area contributed by atoms with Crippen LogP contribution in [-0.4, -0.2) is 42.8 Å². The number of nitrogens with zero attached hydrogens (tertiary/aromatic N) is 2. The molecule has 0 aromatic heterocycles. The van der Waals surface area contributed by atoms with Gasteiger partial charge in [-0.2, -0.15) is 0 Å². The fourth-order valence-corrected chi connectivity index (χ4v) is 3.03. The van der Waals surface area contributed by atoms with Gasteiger partial charge in [0.25, 0.3) is 5.91 Å². The molecule has 1 fully saturated rings. The van der Waals surface area contributed by atoms with Crippen LogP contribution in [0.5, 0.6) is 0 Å². The average Bonchev–Trinajstić information content (AvgIpc) is 2.62. The molecule has 130 valence electrons. The Morgan fingerprint density at radius 3 is 2.12 bits per heavy atom. The molecule has 1 amide bonds. The van der Waals surface area contributed by atoms with E-state index in [1.165, 1.54) is 13.0 Å². The van der Waals surface area contributed by atoms with Crippen LogP contribution in [-0.2, 0) is 0 Å². The zero-order chi connectivity index (χ0) is 18.0. The van der Waals surface area contributed by atoms with E-state index in [-0.39, 0.29) is 11.7 Å². The fourth-order valence-electron chi connectivity index (χ4n) is 2.91. The van der Waals surface area contributed by atoms with Gasteiger partial charge in [0.15, 0.2) is 5.78 Å².